The molecule has 1 heterocycles. The zero-order valence-electron chi connectivity index (χ0n) is 9.94. The van der Waals surface area contributed by atoms with Crippen molar-refractivity contribution in [2.45, 2.75) is 45.2 Å². The van der Waals surface area contributed by atoms with Crippen LogP contribution < -0.4 is 0 Å². The molecule has 1 saturated heterocycles. The van der Waals surface area contributed by atoms with Gasteiger partial charge >= 0.3 is 0 Å². The molecular weight excluding hydrogens is 272 g/mol. The minimum absolute atomic E-state index is 0. The van der Waals surface area contributed by atoms with Crippen molar-refractivity contribution in [1.82, 2.24) is 0 Å². The molecule has 0 bridgehead atoms. The molecule has 1 aliphatic heterocycles. The van der Waals surface area contributed by atoms with Gasteiger partial charge in [0.1, 0.15) is 7.85 Å². The van der Waals surface area contributed by atoms with Crippen LogP contribution in [0.2, 0.25) is 0 Å². The molecule has 0 amide bonds. The number of hydrogen-bond donors (Lipinski definition) is 2. The second-order valence-corrected chi connectivity index (χ2v) is 2.39. The predicted octanol–water partition coefficient (Wildman–Crippen LogP) is -0.150. The summed E-state index contributed by atoms with van der Waals surface area (Å²) in [7, 11) is 6.45. The zero-order valence-corrected chi connectivity index (χ0v) is 12.8. The largest absolute Gasteiger partial charge is 0.412 e. The van der Waals surface area contributed by atoms with Gasteiger partial charge < -0.3 is 20.4 Å². The fourth-order valence-electron chi connectivity index (χ4n) is 1.09. The molecule has 89 valence electrons. The Balaban J connectivity index is -0.0000000910. The van der Waals surface area contributed by atoms with Crippen LogP contribution in [0.5, 0.6) is 0 Å². The first-order valence-corrected chi connectivity index (χ1v) is 4.79. The second kappa shape index (κ2) is 20.4. The Hall–Kier alpha value is 1.01. The van der Waals surface area contributed by atoms with Gasteiger partial charge in [0.15, 0.2) is 0 Å². The van der Waals surface area contributed by atoms with Crippen molar-refractivity contribution in [3.63, 3.8) is 0 Å². The number of aliphatic hydroxyl groups excluding tert-OH is 2. The number of rotatable bonds is 2. The SMILES string of the molecule is CC.CO.O.[B]C1CCC(CCO)O1.[Y]. The standard InChI is InChI=1S/C6H11BO2.C2H6.CH4O.H2O.Y/c7-6-2-1-5(9-6)3-4-8;2*1-2;;/h5-6,8H,1-4H2;1-2H3;2H,1H3;1H2;. The summed E-state index contributed by atoms with van der Waals surface area (Å²) in [4.78, 5) is 0. The van der Waals surface area contributed by atoms with Gasteiger partial charge in [-0.15, -0.1) is 0 Å². The number of aliphatic hydroxyl groups is 2. The van der Waals surface area contributed by atoms with Gasteiger partial charge in [-0.2, -0.15) is 0 Å². The third-order valence-corrected chi connectivity index (χ3v) is 1.59. The van der Waals surface area contributed by atoms with Gasteiger partial charge in [0, 0.05) is 52.4 Å². The number of hydrogen-bond acceptors (Lipinski definition) is 3. The van der Waals surface area contributed by atoms with E-state index in [1.807, 2.05) is 13.8 Å². The Labute approximate surface area is 119 Å². The van der Waals surface area contributed by atoms with Crippen molar-refractivity contribution in [2.75, 3.05) is 13.7 Å². The van der Waals surface area contributed by atoms with E-state index in [2.05, 4.69) is 0 Å². The van der Waals surface area contributed by atoms with Gasteiger partial charge in [0.25, 0.3) is 0 Å². The maximum Gasteiger partial charge on any atom is 0.109 e. The minimum atomic E-state index is -0.0819. The molecule has 15 heavy (non-hydrogen) atoms. The quantitative estimate of drug-likeness (QED) is 0.695. The molecule has 2 atom stereocenters. The molecule has 0 aromatic heterocycles. The molecule has 0 saturated carbocycles. The van der Waals surface area contributed by atoms with Crippen LogP contribution in [0, 0.1) is 0 Å². The average molecular weight is 295 g/mol. The van der Waals surface area contributed by atoms with E-state index in [0.29, 0.717) is 0 Å². The first-order valence-electron chi connectivity index (χ1n) is 4.79. The van der Waals surface area contributed by atoms with Crippen LogP contribution in [0.3, 0.4) is 0 Å². The summed E-state index contributed by atoms with van der Waals surface area (Å²) in [5, 5.41) is 15.5. The Morgan fingerprint density at radius 1 is 1.27 bits per heavy atom. The van der Waals surface area contributed by atoms with Crippen molar-refractivity contribution in [1.29, 1.82) is 0 Å². The van der Waals surface area contributed by atoms with E-state index in [0.717, 1.165) is 26.4 Å². The van der Waals surface area contributed by atoms with Crippen LogP contribution in [-0.4, -0.2) is 49.4 Å². The summed E-state index contributed by atoms with van der Waals surface area (Å²) in [6, 6.07) is -0.0819. The maximum atomic E-state index is 8.49. The summed E-state index contributed by atoms with van der Waals surface area (Å²) in [5.74, 6) is 0. The van der Waals surface area contributed by atoms with E-state index in [9.17, 15) is 0 Å². The average Bonchev–Trinajstić information content (AvgIpc) is 2.59. The summed E-state index contributed by atoms with van der Waals surface area (Å²) < 4.78 is 5.22. The topological polar surface area (TPSA) is 81.2 Å². The van der Waals surface area contributed by atoms with Crippen molar-refractivity contribution < 1.29 is 53.1 Å². The summed E-state index contributed by atoms with van der Waals surface area (Å²) >= 11 is 0. The monoisotopic (exact) mass is 295 g/mol. The molecule has 4 nitrogen and oxygen atoms in total. The normalized spacial score (nSPS) is 21.9. The van der Waals surface area contributed by atoms with Gasteiger partial charge in [0.2, 0.25) is 0 Å². The van der Waals surface area contributed by atoms with E-state index < -0.39 is 0 Å². The Morgan fingerprint density at radius 2 is 1.73 bits per heavy atom. The predicted molar refractivity (Wildman–Crippen MR) is 58.5 cm³/mol. The van der Waals surface area contributed by atoms with Crippen LogP contribution in [0.25, 0.3) is 0 Å². The molecule has 0 aromatic carbocycles. The Morgan fingerprint density at radius 3 is 2.00 bits per heavy atom. The molecule has 0 aliphatic carbocycles. The van der Waals surface area contributed by atoms with E-state index in [-0.39, 0.29) is 56.9 Å². The van der Waals surface area contributed by atoms with Gasteiger partial charge in [-0.3, -0.25) is 0 Å². The van der Waals surface area contributed by atoms with Crippen LogP contribution in [-0.2, 0) is 37.4 Å². The second-order valence-electron chi connectivity index (χ2n) is 2.39. The van der Waals surface area contributed by atoms with Crippen molar-refractivity contribution in [2.24, 2.45) is 0 Å². The summed E-state index contributed by atoms with van der Waals surface area (Å²) in [6.07, 6.45) is 2.88. The van der Waals surface area contributed by atoms with Crippen molar-refractivity contribution in [3.8, 4) is 0 Å². The van der Waals surface area contributed by atoms with Gasteiger partial charge in [-0.05, 0) is 19.3 Å². The van der Waals surface area contributed by atoms with Crippen LogP contribution >= 0.6 is 0 Å². The molecule has 1 aliphatic rings. The first kappa shape index (κ1) is 25.0. The van der Waals surface area contributed by atoms with E-state index in [1.165, 1.54) is 0 Å². The van der Waals surface area contributed by atoms with Crippen molar-refractivity contribution >= 4 is 7.85 Å². The maximum absolute atomic E-state index is 8.49. The van der Waals surface area contributed by atoms with Gasteiger partial charge in [0.05, 0.1) is 6.10 Å². The van der Waals surface area contributed by atoms with Crippen molar-refractivity contribution in [3.05, 3.63) is 0 Å². The molecule has 0 aromatic rings. The van der Waals surface area contributed by atoms with E-state index in [4.69, 9.17) is 22.8 Å². The van der Waals surface area contributed by atoms with E-state index >= 15 is 0 Å². The molecule has 3 radical (unpaired) electrons. The van der Waals surface area contributed by atoms with Gasteiger partial charge in [-0.1, -0.05) is 13.8 Å². The molecule has 2 unspecified atom stereocenters. The third kappa shape index (κ3) is 15.0. The molecule has 1 fully saturated rings. The molecule has 4 N–H and O–H groups in total. The Kier molecular flexibility index (Phi) is 34.0. The summed E-state index contributed by atoms with van der Waals surface area (Å²) in [6.45, 7) is 4.21. The minimum Gasteiger partial charge on any atom is -0.412 e. The zero-order chi connectivity index (χ0) is 10.7. The molecular formula is C9H23BO4Y. The van der Waals surface area contributed by atoms with Crippen LogP contribution in [0.15, 0.2) is 0 Å². The fourth-order valence-corrected chi connectivity index (χ4v) is 1.09. The molecule has 6 heteroatoms. The Bertz CT molecular complexity index is 96.2. The first-order chi connectivity index (χ1) is 6.33. The summed E-state index contributed by atoms with van der Waals surface area (Å²) in [5.41, 5.74) is 0. The fraction of sp³-hybridized carbons (Fsp3) is 1.00. The number of ether oxygens (including phenoxy) is 1. The molecule has 0 spiro atoms. The van der Waals surface area contributed by atoms with Gasteiger partial charge in [-0.25, -0.2) is 0 Å². The molecule has 1 rings (SSSR count). The van der Waals surface area contributed by atoms with Crippen LogP contribution in [0.1, 0.15) is 33.1 Å². The van der Waals surface area contributed by atoms with Crippen LogP contribution in [0.4, 0.5) is 0 Å². The third-order valence-electron chi connectivity index (χ3n) is 1.59. The van der Waals surface area contributed by atoms with E-state index in [1.54, 1.807) is 0 Å². The smallest absolute Gasteiger partial charge is 0.109 e.